The van der Waals surface area contributed by atoms with Gasteiger partial charge in [0.2, 0.25) is 0 Å². The number of esters is 4. The number of carbonyl (C=O) groups is 4. The summed E-state index contributed by atoms with van der Waals surface area (Å²) in [6.07, 6.45) is -0.510. The molecule has 0 aliphatic heterocycles. The van der Waals surface area contributed by atoms with Crippen molar-refractivity contribution in [3.05, 3.63) is 83.4 Å². The van der Waals surface area contributed by atoms with Crippen molar-refractivity contribution < 1.29 is 57.8 Å². The number of ether oxygens (including phenoxy) is 6. The van der Waals surface area contributed by atoms with Gasteiger partial charge in [0, 0.05) is 12.8 Å². The molecule has 0 unspecified atom stereocenters. The lowest BCUT2D eigenvalue weighted by atomic mass is 10.1. The molecular formula is C34H40N6O12. The second kappa shape index (κ2) is 18.9. The number of aromatic nitrogens is 6. The number of methoxy groups -OCH3 is 2. The number of nitrogens with zero attached hydrogens (tertiary/aromatic N) is 6. The lowest BCUT2D eigenvalue weighted by molar-refractivity contribution is -0.186. The molecule has 18 heteroatoms. The van der Waals surface area contributed by atoms with Crippen molar-refractivity contribution in [1.82, 2.24) is 30.0 Å². The normalized spacial score (nSPS) is 13.4. The van der Waals surface area contributed by atoms with Crippen molar-refractivity contribution in [2.45, 2.75) is 64.2 Å². The molecule has 278 valence electrons. The van der Waals surface area contributed by atoms with Gasteiger partial charge in [0.25, 0.3) is 0 Å². The smallest absolute Gasteiger partial charge is 0.338 e. The highest BCUT2D eigenvalue weighted by atomic mass is 16.6. The van der Waals surface area contributed by atoms with Gasteiger partial charge in [-0.05, 0) is 49.2 Å². The molecule has 0 spiro atoms. The van der Waals surface area contributed by atoms with Crippen LogP contribution in [-0.2, 0) is 73.7 Å². The zero-order chi connectivity index (χ0) is 37.6. The van der Waals surface area contributed by atoms with E-state index in [-0.39, 0.29) is 48.9 Å². The van der Waals surface area contributed by atoms with Crippen LogP contribution in [0.2, 0.25) is 0 Å². The number of benzene rings is 2. The number of hydrogen-bond acceptors (Lipinski definition) is 16. The monoisotopic (exact) mass is 724 g/mol. The Kier molecular flexibility index (Phi) is 14.2. The summed E-state index contributed by atoms with van der Waals surface area (Å²) < 4.78 is 35.0. The Morgan fingerprint density at radius 3 is 1.31 bits per heavy atom. The van der Waals surface area contributed by atoms with Crippen LogP contribution in [0.25, 0.3) is 0 Å². The highest BCUT2D eigenvalue weighted by molar-refractivity contribution is 5.85. The molecule has 2 heterocycles. The maximum absolute atomic E-state index is 13.3. The summed E-state index contributed by atoms with van der Waals surface area (Å²) in [5, 5.41) is 35.3. The minimum Gasteiger partial charge on any atom is -0.508 e. The minimum absolute atomic E-state index is 0.0506. The molecule has 0 saturated heterocycles. The van der Waals surface area contributed by atoms with Crippen LogP contribution in [0.5, 0.6) is 11.5 Å². The fourth-order valence-electron chi connectivity index (χ4n) is 5.14. The zero-order valence-corrected chi connectivity index (χ0v) is 29.0. The number of phenolic OH excluding ortho intramolecular Hbond substituents is 2. The van der Waals surface area contributed by atoms with E-state index in [1.165, 1.54) is 60.2 Å². The Hall–Kier alpha value is -5.88. The largest absolute Gasteiger partial charge is 0.508 e. The molecule has 0 aliphatic rings. The molecule has 2 aromatic heterocycles. The molecule has 0 aliphatic carbocycles. The van der Waals surface area contributed by atoms with Crippen LogP contribution < -0.4 is 0 Å². The Bertz CT molecular complexity index is 1650. The van der Waals surface area contributed by atoms with E-state index in [0.29, 0.717) is 11.1 Å². The quantitative estimate of drug-likeness (QED) is 0.104. The summed E-state index contributed by atoms with van der Waals surface area (Å²) in [4.78, 5) is 52.4. The summed E-state index contributed by atoms with van der Waals surface area (Å²) in [6, 6.07) is 10.4. The molecule has 2 aromatic carbocycles. The average molecular weight is 725 g/mol. The van der Waals surface area contributed by atoms with Crippen LogP contribution >= 0.6 is 0 Å². The zero-order valence-electron chi connectivity index (χ0n) is 29.0. The standard InChI is InChI=1S/C34H40N6O12/c1-5-49-33(45)29(51-19-23-17-35-37-39(23)27(31(43)47-3)15-21-7-11-25(41)12-8-21)30(34(46)50-6-2)52-20-24-18-36-38-40(24)28(32(44)48-4)16-22-9-13-26(42)14-10-22/h7-14,17-18,27-30,41-42H,5-6,15-16,19-20H2,1-4H3/t27-,28-,29+,30+/m0/s1. The van der Waals surface area contributed by atoms with Crippen molar-refractivity contribution in [3.63, 3.8) is 0 Å². The number of carbonyl (C=O) groups excluding carboxylic acids is 4. The van der Waals surface area contributed by atoms with E-state index in [1.54, 1.807) is 38.1 Å². The van der Waals surface area contributed by atoms with Gasteiger partial charge in [-0.2, -0.15) is 0 Å². The first kappa shape index (κ1) is 38.9. The van der Waals surface area contributed by atoms with Crippen molar-refractivity contribution in [3.8, 4) is 11.5 Å². The molecule has 0 fully saturated rings. The van der Waals surface area contributed by atoms with Crippen molar-refractivity contribution in [2.75, 3.05) is 27.4 Å². The third-order valence-corrected chi connectivity index (χ3v) is 7.70. The van der Waals surface area contributed by atoms with Gasteiger partial charge in [0.05, 0.1) is 64.4 Å². The molecule has 0 amide bonds. The summed E-state index contributed by atoms with van der Waals surface area (Å²) >= 11 is 0. The third kappa shape index (κ3) is 10.1. The molecule has 4 atom stereocenters. The second-order valence-electron chi connectivity index (χ2n) is 11.1. The molecule has 2 N–H and O–H groups in total. The van der Waals surface area contributed by atoms with Crippen LogP contribution in [0.3, 0.4) is 0 Å². The van der Waals surface area contributed by atoms with E-state index >= 15 is 0 Å². The molecule has 0 radical (unpaired) electrons. The number of aromatic hydroxyl groups is 2. The van der Waals surface area contributed by atoms with Crippen molar-refractivity contribution in [1.29, 1.82) is 0 Å². The number of phenols is 2. The molecule has 52 heavy (non-hydrogen) atoms. The predicted molar refractivity (Wildman–Crippen MR) is 176 cm³/mol. The highest BCUT2D eigenvalue weighted by Crippen LogP contribution is 2.23. The van der Waals surface area contributed by atoms with E-state index in [2.05, 4.69) is 20.6 Å². The van der Waals surface area contributed by atoms with Crippen LogP contribution in [-0.4, -0.2) is 104 Å². The fourth-order valence-corrected chi connectivity index (χ4v) is 5.14. The fraction of sp³-hybridized carbons (Fsp3) is 0.412. The first-order valence-electron chi connectivity index (χ1n) is 16.2. The van der Waals surface area contributed by atoms with Gasteiger partial charge in [-0.3, -0.25) is 0 Å². The van der Waals surface area contributed by atoms with Gasteiger partial charge in [0.15, 0.2) is 24.3 Å². The van der Waals surface area contributed by atoms with Gasteiger partial charge in [0.1, 0.15) is 11.5 Å². The van der Waals surface area contributed by atoms with Crippen LogP contribution in [0.15, 0.2) is 60.9 Å². The number of rotatable bonds is 19. The molecule has 4 aromatic rings. The van der Waals surface area contributed by atoms with Crippen LogP contribution in [0.1, 0.15) is 48.4 Å². The maximum atomic E-state index is 13.3. The molecule has 18 nitrogen and oxygen atoms in total. The Labute approximate surface area is 298 Å². The van der Waals surface area contributed by atoms with E-state index in [1.807, 2.05) is 0 Å². The van der Waals surface area contributed by atoms with Crippen molar-refractivity contribution >= 4 is 23.9 Å². The predicted octanol–water partition coefficient (Wildman–Crippen LogP) is 1.79. The maximum Gasteiger partial charge on any atom is 0.338 e. The Balaban J connectivity index is 1.59. The minimum atomic E-state index is -1.69. The highest BCUT2D eigenvalue weighted by Gasteiger charge is 2.39. The van der Waals surface area contributed by atoms with E-state index in [0.717, 1.165) is 0 Å². The molecule has 0 bridgehead atoms. The molecule has 4 rings (SSSR count). The SMILES string of the molecule is CCOC(=O)[C@H](OCc1cnnn1[C@@H](Cc1ccc(O)cc1)C(=O)OC)[C@@H](OCc1cnnn1[C@@H](Cc1ccc(O)cc1)C(=O)OC)C(=O)OCC. The van der Waals surface area contributed by atoms with Crippen LogP contribution in [0.4, 0.5) is 0 Å². The lowest BCUT2D eigenvalue weighted by Crippen LogP contribution is -2.45. The second-order valence-corrected chi connectivity index (χ2v) is 11.1. The first-order chi connectivity index (χ1) is 25.1. The Morgan fingerprint density at radius 1 is 0.615 bits per heavy atom. The number of hydrogen-bond donors (Lipinski definition) is 2. The topological polar surface area (TPSA) is 226 Å². The van der Waals surface area contributed by atoms with Gasteiger partial charge >= 0.3 is 23.9 Å². The van der Waals surface area contributed by atoms with E-state index in [4.69, 9.17) is 28.4 Å². The molecule has 0 saturated carbocycles. The van der Waals surface area contributed by atoms with Gasteiger partial charge < -0.3 is 38.6 Å². The van der Waals surface area contributed by atoms with Gasteiger partial charge in [-0.15, -0.1) is 10.2 Å². The summed E-state index contributed by atoms with van der Waals surface area (Å²) in [7, 11) is 2.44. The first-order valence-corrected chi connectivity index (χ1v) is 16.2. The summed E-state index contributed by atoms with van der Waals surface area (Å²) in [6.45, 7) is 2.25. The average Bonchev–Trinajstić information content (AvgIpc) is 3.81. The van der Waals surface area contributed by atoms with Gasteiger partial charge in [-0.25, -0.2) is 28.5 Å². The Morgan fingerprint density at radius 2 is 0.981 bits per heavy atom. The van der Waals surface area contributed by atoms with E-state index < -0.39 is 61.4 Å². The molecular weight excluding hydrogens is 684 g/mol. The van der Waals surface area contributed by atoms with Crippen molar-refractivity contribution in [2.24, 2.45) is 0 Å². The summed E-state index contributed by atoms with van der Waals surface area (Å²) in [5.74, 6) is -3.07. The van der Waals surface area contributed by atoms with E-state index in [9.17, 15) is 29.4 Å². The summed E-state index contributed by atoms with van der Waals surface area (Å²) in [5.41, 5.74) is 1.84. The van der Waals surface area contributed by atoms with Gasteiger partial charge in [-0.1, -0.05) is 34.7 Å². The lowest BCUT2D eigenvalue weighted by Gasteiger charge is -2.25. The van der Waals surface area contributed by atoms with Crippen LogP contribution in [0, 0.1) is 0 Å². The third-order valence-electron chi connectivity index (χ3n) is 7.70.